The molecule has 0 radical (unpaired) electrons. The molecule has 11 heavy (non-hydrogen) atoms. The predicted molar refractivity (Wildman–Crippen MR) is 36.3 cm³/mol. The van der Waals surface area contributed by atoms with Crippen molar-refractivity contribution in [3.8, 4) is 0 Å². The summed E-state index contributed by atoms with van der Waals surface area (Å²) in [5.41, 5.74) is 0. The molecule has 1 aliphatic rings. The molecule has 0 amide bonds. The van der Waals surface area contributed by atoms with E-state index < -0.39 is 18.0 Å². The van der Waals surface area contributed by atoms with Gasteiger partial charge < -0.3 is 19.5 Å². The number of aliphatic carboxylic acids is 1. The van der Waals surface area contributed by atoms with Crippen molar-refractivity contribution >= 4 is 5.97 Å². The summed E-state index contributed by atoms with van der Waals surface area (Å²) < 4.78 is 0.555. The van der Waals surface area contributed by atoms with Crippen molar-refractivity contribution in [1.29, 1.82) is 0 Å². The van der Waals surface area contributed by atoms with Gasteiger partial charge in [-0.1, -0.05) is 0 Å². The van der Waals surface area contributed by atoms with Gasteiger partial charge in [-0.2, -0.15) is 0 Å². The number of likely N-dealkylation sites (tertiary alicyclic amines) is 1. The van der Waals surface area contributed by atoms with E-state index in [1.165, 1.54) is 0 Å². The van der Waals surface area contributed by atoms with E-state index in [4.69, 9.17) is 0 Å². The van der Waals surface area contributed by atoms with Crippen LogP contribution in [-0.2, 0) is 4.79 Å². The van der Waals surface area contributed by atoms with Gasteiger partial charge in [0, 0.05) is 0 Å². The lowest BCUT2D eigenvalue weighted by atomic mass is 10.1. The Hall–Kier alpha value is -0.610. The Labute approximate surface area is 65.6 Å². The van der Waals surface area contributed by atoms with E-state index in [2.05, 4.69) is 0 Å². The van der Waals surface area contributed by atoms with Gasteiger partial charge in [0.2, 0.25) is 0 Å². The molecule has 1 fully saturated rings. The number of carboxylic acid groups (broad SMARTS) is 1. The molecule has 1 heterocycles. The topological polar surface area (TPSA) is 60.4 Å². The van der Waals surface area contributed by atoms with Crippen LogP contribution < -0.4 is 5.11 Å². The first-order valence-corrected chi connectivity index (χ1v) is 3.63. The molecule has 0 aromatic heterocycles. The van der Waals surface area contributed by atoms with Crippen molar-refractivity contribution in [2.75, 3.05) is 27.2 Å². The zero-order chi connectivity index (χ0) is 8.65. The number of likely N-dealkylation sites (N-methyl/N-ethyl adjacent to an activating group) is 1. The van der Waals surface area contributed by atoms with Gasteiger partial charge in [-0.15, -0.1) is 0 Å². The minimum Gasteiger partial charge on any atom is -0.550 e. The van der Waals surface area contributed by atoms with Crippen LogP contribution in [0, 0.1) is 5.92 Å². The largest absolute Gasteiger partial charge is 0.550 e. The number of hydrogen-bond acceptors (Lipinski definition) is 3. The molecular weight excluding hydrogens is 146 g/mol. The summed E-state index contributed by atoms with van der Waals surface area (Å²) in [4.78, 5) is 10.4. The lowest BCUT2D eigenvalue weighted by Crippen LogP contribution is -2.40. The Morgan fingerprint density at radius 1 is 1.55 bits per heavy atom. The normalized spacial score (nSPS) is 35.5. The van der Waals surface area contributed by atoms with Crippen molar-refractivity contribution < 1.29 is 19.5 Å². The summed E-state index contributed by atoms with van der Waals surface area (Å²) in [6.07, 6.45) is -0.741. The molecule has 0 aromatic rings. The van der Waals surface area contributed by atoms with Gasteiger partial charge in [-0.3, -0.25) is 0 Å². The Morgan fingerprint density at radius 2 is 2.09 bits per heavy atom. The maximum Gasteiger partial charge on any atom is 0.116 e. The van der Waals surface area contributed by atoms with Crippen LogP contribution in [0.15, 0.2) is 0 Å². The van der Waals surface area contributed by atoms with Crippen molar-refractivity contribution in [3.63, 3.8) is 0 Å². The van der Waals surface area contributed by atoms with Crippen LogP contribution >= 0.6 is 0 Å². The molecule has 0 aliphatic carbocycles. The van der Waals surface area contributed by atoms with Crippen molar-refractivity contribution in [2.45, 2.75) is 6.10 Å². The average molecular weight is 159 g/mol. The fourth-order valence-corrected chi connectivity index (χ4v) is 1.59. The van der Waals surface area contributed by atoms with Crippen LogP contribution in [0.1, 0.15) is 0 Å². The van der Waals surface area contributed by atoms with Crippen molar-refractivity contribution in [1.82, 2.24) is 0 Å². The summed E-state index contributed by atoms with van der Waals surface area (Å²) in [6.45, 7) is 0.960. The van der Waals surface area contributed by atoms with E-state index in [9.17, 15) is 15.0 Å². The second kappa shape index (κ2) is 2.46. The van der Waals surface area contributed by atoms with Crippen LogP contribution in [0.3, 0.4) is 0 Å². The number of carbonyl (C=O) groups is 1. The number of hydrogen-bond donors (Lipinski definition) is 1. The number of carbonyl (C=O) groups excluding carboxylic acids is 1. The monoisotopic (exact) mass is 159 g/mol. The molecule has 1 N–H and O–H groups in total. The molecule has 64 valence electrons. The first-order chi connectivity index (χ1) is 4.92. The fourth-order valence-electron chi connectivity index (χ4n) is 1.59. The Bertz CT molecular complexity index is 179. The first kappa shape index (κ1) is 8.49. The number of rotatable bonds is 1. The molecule has 0 saturated carbocycles. The van der Waals surface area contributed by atoms with Gasteiger partial charge in [0.05, 0.1) is 32.5 Å². The lowest BCUT2D eigenvalue weighted by Gasteiger charge is -2.22. The highest BCUT2D eigenvalue weighted by Gasteiger charge is 2.39. The van der Waals surface area contributed by atoms with Crippen molar-refractivity contribution in [3.05, 3.63) is 0 Å². The summed E-state index contributed by atoms with van der Waals surface area (Å²) in [5.74, 6) is -1.83. The number of nitrogens with zero attached hydrogens (tertiary/aromatic N) is 1. The summed E-state index contributed by atoms with van der Waals surface area (Å²) in [7, 11) is 3.79. The Morgan fingerprint density at radius 3 is 2.27 bits per heavy atom. The lowest BCUT2D eigenvalue weighted by molar-refractivity contribution is -0.880. The molecular formula is C7H13NO3. The highest BCUT2D eigenvalue weighted by Crippen LogP contribution is 2.19. The van der Waals surface area contributed by atoms with Crippen LogP contribution in [0.5, 0.6) is 0 Å². The summed E-state index contributed by atoms with van der Waals surface area (Å²) in [6, 6.07) is 0. The van der Waals surface area contributed by atoms with Gasteiger partial charge in [-0.05, 0) is 0 Å². The third-order valence-corrected chi connectivity index (χ3v) is 2.14. The molecule has 1 saturated heterocycles. The van der Waals surface area contributed by atoms with E-state index >= 15 is 0 Å². The maximum atomic E-state index is 10.4. The highest BCUT2D eigenvalue weighted by molar-refractivity contribution is 5.68. The van der Waals surface area contributed by atoms with Gasteiger partial charge in [0.15, 0.2) is 0 Å². The molecule has 1 rings (SSSR count). The molecule has 0 spiro atoms. The summed E-state index contributed by atoms with van der Waals surface area (Å²) >= 11 is 0. The fraction of sp³-hybridized carbons (Fsp3) is 0.857. The standard InChI is InChI=1S/C7H13NO3/c1-8(2)3-5(7(10)11)6(9)4-8/h5-6,9H,3-4H2,1-2H3/t5-,6-/m1/s1. The third-order valence-electron chi connectivity index (χ3n) is 2.14. The second-order valence-electron chi connectivity index (χ2n) is 3.79. The molecule has 0 bridgehead atoms. The molecule has 0 aromatic carbocycles. The van der Waals surface area contributed by atoms with E-state index in [-0.39, 0.29) is 0 Å². The Balaban J connectivity index is 2.66. The van der Waals surface area contributed by atoms with E-state index in [0.717, 1.165) is 0 Å². The smallest absolute Gasteiger partial charge is 0.116 e. The van der Waals surface area contributed by atoms with Crippen molar-refractivity contribution in [2.24, 2.45) is 5.92 Å². The number of carboxylic acids is 1. The SMILES string of the molecule is C[N+]1(C)C[C@@H](O)[C@H](C(=O)[O-])C1. The van der Waals surface area contributed by atoms with Gasteiger partial charge in [0.25, 0.3) is 0 Å². The quantitative estimate of drug-likeness (QED) is 0.442. The third kappa shape index (κ3) is 1.70. The number of aliphatic hydroxyl groups is 1. The second-order valence-corrected chi connectivity index (χ2v) is 3.79. The minimum absolute atomic E-state index is 0.462. The Kier molecular flexibility index (Phi) is 1.90. The zero-order valence-corrected chi connectivity index (χ0v) is 6.78. The van der Waals surface area contributed by atoms with Crippen LogP contribution in [0.4, 0.5) is 0 Å². The molecule has 4 heteroatoms. The summed E-state index contributed by atoms with van der Waals surface area (Å²) in [5, 5.41) is 19.7. The number of aliphatic hydroxyl groups excluding tert-OH is 1. The average Bonchev–Trinajstić information content (AvgIpc) is 2.05. The van der Waals surface area contributed by atoms with Crippen LogP contribution in [0.25, 0.3) is 0 Å². The van der Waals surface area contributed by atoms with Crippen LogP contribution in [-0.4, -0.2) is 48.8 Å². The molecule has 1 aliphatic heterocycles. The van der Waals surface area contributed by atoms with Gasteiger partial charge in [-0.25, -0.2) is 0 Å². The van der Waals surface area contributed by atoms with Crippen LogP contribution in [0.2, 0.25) is 0 Å². The highest BCUT2D eigenvalue weighted by atomic mass is 16.4. The van der Waals surface area contributed by atoms with E-state index in [1.807, 2.05) is 14.1 Å². The zero-order valence-electron chi connectivity index (χ0n) is 6.78. The minimum atomic E-state index is -1.14. The van der Waals surface area contributed by atoms with Gasteiger partial charge in [0.1, 0.15) is 12.6 Å². The molecule has 0 unspecified atom stereocenters. The molecule has 4 nitrogen and oxygen atoms in total. The van der Waals surface area contributed by atoms with E-state index in [1.54, 1.807) is 0 Å². The van der Waals surface area contributed by atoms with E-state index in [0.29, 0.717) is 17.6 Å². The number of quaternary nitrogens is 1. The first-order valence-electron chi connectivity index (χ1n) is 3.63. The van der Waals surface area contributed by atoms with Gasteiger partial charge >= 0.3 is 0 Å². The predicted octanol–water partition coefficient (Wildman–Crippen LogP) is -2.20. The molecule has 2 atom stereocenters. The maximum absolute atomic E-state index is 10.4.